The number of methoxy groups -OCH3 is 1. The number of ether oxygens (including phenoxy) is 2. The number of hydrogen-bond donors (Lipinski definition) is 1. The van der Waals surface area contributed by atoms with Crippen molar-refractivity contribution in [2.45, 2.75) is 16.5 Å². The average Bonchev–Trinajstić information content (AvgIpc) is 3.27. The van der Waals surface area contributed by atoms with Crippen molar-refractivity contribution in [2.24, 2.45) is 0 Å². The van der Waals surface area contributed by atoms with Crippen molar-refractivity contribution < 1.29 is 14.3 Å². The highest BCUT2D eigenvalue weighted by Crippen LogP contribution is 2.40. The Labute approximate surface area is 189 Å². The smallest absolute Gasteiger partial charge is 0.242 e. The first-order valence-electron chi connectivity index (χ1n) is 9.97. The van der Waals surface area contributed by atoms with E-state index in [1.165, 1.54) is 23.1 Å². The number of carbonyl (C=O) groups is 1. The fourth-order valence-electron chi connectivity index (χ4n) is 3.25. The molecule has 4 rings (SSSR count). The van der Waals surface area contributed by atoms with Crippen LogP contribution in [0.1, 0.15) is 16.4 Å². The van der Waals surface area contributed by atoms with Crippen molar-refractivity contribution in [3.05, 3.63) is 59.7 Å². The Hall–Kier alpha value is -2.62. The summed E-state index contributed by atoms with van der Waals surface area (Å²) in [4.78, 5) is 15.5. The maximum absolute atomic E-state index is 13.3. The van der Waals surface area contributed by atoms with Gasteiger partial charge in [-0.2, -0.15) is 0 Å². The van der Waals surface area contributed by atoms with Crippen molar-refractivity contribution in [1.29, 1.82) is 0 Å². The van der Waals surface area contributed by atoms with E-state index in [1.54, 1.807) is 7.11 Å². The second-order valence-electron chi connectivity index (χ2n) is 7.05. The van der Waals surface area contributed by atoms with Gasteiger partial charge < -0.3 is 19.7 Å². The number of aryl methyl sites for hydroxylation is 1. The van der Waals surface area contributed by atoms with Crippen LogP contribution in [-0.2, 0) is 9.53 Å². The number of carbonyl (C=O) groups excluding carboxylic acids is 1. The number of nitrogens with zero attached hydrogens (tertiary/aromatic N) is 3. The fraction of sp³-hybridized carbons (Fsp3) is 0.318. The molecule has 1 aliphatic heterocycles. The zero-order chi connectivity index (χ0) is 21.6. The summed E-state index contributed by atoms with van der Waals surface area (Å²) in [6.07, 6.45) is 0. The van der Waals surface area contributed by atoms with Crippen LogP contribution in [0.5, 0.6) is 5.75 Å². The molecule has 9 heteroatoms. The lowest BCUT2D eigenvalue weighted by atomic mass is 10.1. The number of benzene rings is 2. The molecule has 1 saturated heterocycles. The van der Waals surface area contributed by atoms with Gasteiger partial charge in [0.05, 0.1) is 26.0 Å². The maximum atomic E-state index is 13.3. The second-order valence-corrected chi connectivity index (χ2v) is 9.36. The van der Waals surface area contributed by atoms with E-state index in [0.717, 1.165) is 33.7 Å². The molecule has 0 saturated carbocycles. The third-order valence-electron chi connectivity index (χ3n) is 4.85. The highest BCUT2D eigenvalue weighted by molar-refractivity contribution is 8.02. The number of rotatable bonds is 7. The van der Waals surface area contributed by atoms with E-state index in [9.17, 15) is 4.79 Å². The summed E-state index contributed by atoms with van der Waals surface area (Å²) in [5.74, 6) is 0.490. The normalized spacial score (nSPS) is 14.8. The molecule has 1 amide bonds. The Balaban J connectivity index is 1.56. The Morgan fingerprint density at radius 2 is 1.97 bits per heavy atom. The third kappa shape index (κ3) is 5.36. The Morgan fingerprint density at radius 3 is 2.71 bits per heavy atom. The second kappa shape index (κ2) is 10.1. The van der Waals surface area contributed by atoms with Crippen LogP contribution < -0.4 is 15.0 Å². The molecule has 7 nitrogen and oxygen atoms in total. The van der Waals surface area contributed by atoms with Crippen LogP contribution >= 0.6 is 23.1 Å². The average molecular weight is 457 g/mol. The van der Waals surface area contributed by atoms with Crippen molar-refractivity contribution in [3.8, 4) is 5.75 Å². The van der Waals surface area contributed by atoms with E-state index in [-0.39, 0.29) is 5.91 Å². The van der Waals surface area contributed by atoms with Gasteiger partial charge in [0.15, 0.2) is 4.34 Å². The molecule has 162 valence electrons. The number of thioether (sulfide) groups is 1. The zero-order valence-corrected chi connectivity index (χ0v) is 19.0. The van der Waals surface area contributed by atoms with E-state index >= 15 is 0 Å². The van der Waals surface area contributed by atoms with Crippen LogP contribution in [0.3, 0.4) is 0 Å². The maximum Gasteiger partial charge on any atom is 0.242 e. The van der Waals surface area contributed by atoms with E-state index in [1.807, 2.05) is 55.5 Å². The first-order chi connectivity index (χ1) is 15.1. The molecule has 0 aliphatic carbocycles. The molecule has 2 aromatic carbocycles. The SMILES string of the molecule is COc1ccc(C)cc1NC(=O)C(Sc1nnc(N2CCOCC2)s1)c1ccccc1. The molecule has 1 atom stereocenters. The molecular formula is C22H24N4O3S2. The molecule has 3 aromatic rings. The summed E-state index contributed by atoms with van der Waals surface area (Å²) < 4.78 is 11.6. The van der Waals surface area contributed by atoms with E-state index in [0.29, 0.717) is 24.7 Å². The van der Waals surface area contributed by atoms with Gasteiger partial charge in [-0.1, -0.05) is 59.5 Å². The Bertz CT molecular complexity index is 1020. The van der Waals surface area contributed by atoms with Crippen molar-refractivity contribution in [3.63, 3.8) is 0 Å². The minimum atomic E-state index is -0.475. The van der Waals surface area contributed by atoms with Gasteiger partial charge in [0.25, 0.3) is 0 Å². The number of hydrogen-bond acceptors (Lipinski definition) is 8. The molecule has 0 spiro atoms. The molecule has 0 radical (unpaired) electrons. The van der Waals surface area contributed by atoms with Crippen molar-refractivity contribution in [2.75, 3.05) is 43.6 Å². The molecule has 0 bridgehead atoms. The van der Waals surface area contributed by atoms with Gasteiger partial charge in [-0.05, 0) is 30.2 Å². The quantitative estimate of drug-likeness (QED) is 0.535. The summed E-state index contributed by atoms with van der Waals surface area (Å²) in [7, 11) is 1.60. The first kappa shape index (κ1) is 21.6. The molecule has 1 aliphatic rings. The summed E-state index contributed by atoms with van der Waals surface area (Å²) in [5.41, 5.74) is 2.60. The van der Waals surface area contributed by atoms with Crippen LogP contribution in [0, 0.1) is 6.92 Å². The van der Waals surface area contributed by atoms with E-state index in [2.05, 4.69) is 20.4 Å². The van der Waals surface area contributed by atoms with Gasteiger partial charge in [0, 0.05) is 13.1 Å². The molecule has 1 aromatic heterocycles. The molecular weight excluding hydrogens is 432 g/mol. The topological polar surface area (TPSA) is 76.6 Å². The lowest BCUT2D eigenvalue weighted by Gasteiger charge is -2.25. The monoisotopic (exact) mass is 456 g/mol. The number of nitrogens with one attached hydrogen (secondary N) is 1. The zero-order valence-electron chi connectivity index (χ0n) is 17.4. The third-order valence-corrected chi connectivity index (χ3v) is 7.17. The predicted octanol–water partition coefficient (Wildman–Crippen LogP) is 4.16. The van der Waals surface area contributed by atoms with Crippen LogP contribution in [-0.4, -0.2) is 49.5 Å². The van der Waals surface area contributed by atoms with Crippen LogP contribution in [0.25, 0.3) is 0 Å². The van der Waals surface area contributed by atoms with Gasteiger partial charge in [0.2, 0.25) is 11.0 Å². The molecule has 2 heterocycles. The number of morpholine rings is 1. The van der Waals surface area contributed by atoms with Crippen LogP contribution in [0.4, 0.5) is 10.8 Å². The highest BCUT2D eigenvalue weighted by Gasteiger charge is 2.26. The summed E-state index contributed by atoms with van der Waals surface area (Å²) in [5, 5.41) is 12.1. The van der Waals surface area contributed by atoms with Gasteiger partial charge in [-0.15, -0.1) is 10.2 Å². The predicted molar refractivity (Wildman–Crippen MR) is 124 cm³/mol. The van der Waals surface area contributed by atoms with Crippen molar-refractivity contribution in [1.82, 2.24) is 10.2 Å². The largest absolute Gasteiger partial charge is 0.495 e. The lowest BCUT2D eigenvalue weighted by molar-refractivity contribution is -0.115. The van der Waals surface area contributed by atoms with Crippen LogP contribution in [0.15, 0.2) is 52.9 Å². The number of amides is 1. The van der Waals surface area contributed by atoms with Gasteiger partial charge in [0.1, 0.15) is 11.0 Å². The fourth-order valence-corrected chi connectivity index (χ4v) is 5.34. The summed E-state index contributed by atoms with van der Waals surface area (Å²) in [6, 6.07) is 15.4. The van der Waals surface area contributed by atoms with Gasteiger partial charge >= 0.3 is 0 Å². The standard InChI is InChI=1S/C22H24N4O3S2/c1-15-8-9-18(28-2)17(14-15)23-20(27)19(16-6-4-3-5-7-16)30-22-25-24-21(31-22)26-10-12-29-13-11-26/h3-9,14,19H,10-13H2,1-2H3,(H,23,27). The lowest BCUT2D eigenvalue weighted by Crippen LogP contribution is -2.36. The minimum absolute atomic E-state index is 0.136. The Kier molecular flexibility index (Phi) is 7.06. The number of aromatic nitrogens is 2. The van der Waals surface area contributed by atoms with E-state index < -0.39 is 5.25 Å². The Morgan fingerprint density at radius 1 is 1.19 bits per heavy atom. The van der Waals surface area contributed by atoms with Gasteiger partial charge in [-0.25, -0.2) is 0 Å². The van der Waals surface area contributed by atoms with Crippen molar-refractivity contribution >= 4 is 39.8 Å². The van der Waals surface area contributed by atoms with E-state index in [4.69, 9.17) is 9.47 Å². The summed E-state index contributed by atoms with van der Waals surface area (Å²) >= 11 is 2.91. The molecule has 31 heavy (non-hydrogen) atoms. The number of anilines is 2. The highest BCUT2D eigenvalue weighted by atomic mass is 32.2. The molecule has 1 N–H and O–H groups in total. The van der Waals surface area contributed by atoms with Crippen LogP contribution in [0.2, 0.25) is 0 Å². The van der Waals surface area contributed by atoms with Gasteiger partial charge in [-0.3, -0.25) is 4.79 Å². The first-order valence-corrected chi connectivity index (χ1v) is 11.7. The minimum Gasteiger partial charge on any atom is -0.495 e. The summed E-state index contributed by atoms with van der Waals surface area (Å²) in [6.45, 7) is 4.96. The molecule has 1 fully saturated rings. The molecule has 1 unspecified atom stereocenters.